The van der Waals surface area contributed by atoms with Crippen molar-refractivity contribution in [3.63, 3.8) is 0 Å². The van der Waals surface area contributed by atoms with Crippen LogP contribution in [0.4, 0.5) is 5.69 Å². The molecular weight excluding hydrogens is 286 g/mol. The fourth-order valence-corrected chi connectivity index (χ4v) is 2.30. The molecule has 0 aliphatic heterocycles. The van der Waals surface area contributed by atoms with Crippen LogP contribution in [0.15, 0.2) is 59.4 Å². The second-order valence-electron chi connectivity index (χ2n) is 4.69. The Bertz CT molecular complexity index is 790. The second-order valence-corrected chi connectivity index (χ2v) is 5.10. The molecule has 0 aliphatic carbocycles. The summed E-state index contributed by atoms with van der Waals surface area (Å²) in [6.45, 7) is 0.667. The van der Waals surface area contributed by atoms with Crippen LogP contribution in [0.1, 0.15) is 5.56 Å². The molecule has 0 spiro atoms. The first-order chi connectivity index (χ1) is 10.2. The van der Waals surface area contributed by atoms with Crippen molar-refractivity contribution in [2.45, 2.75) is 6.54 Å². The Balaban J connectivity index is 1.70. The highest BCUT2D eigenvalue weighted by atomic mass is 35.5. The van der Waals surface area contributed by atoms with Crippen molar-refractivity contribution in [3.8, 4) is 11.3 Å². The summed E-state index contributed by atoms with van der Waals surface area (Å²) in [5, 5.41) is 9.43. The Morgan fingerprint density at radius 2 is 1.76 bits per heavy atom. The van der Waals surface area contributed by atoms with Crippen LogP contribution in [-0.2, 0) is 6.54 Å². The van der Waals surface area contributed by atoms with Gasteiger partial charge in [0.05, 0.1) is 5.69 Å². The first-order valence-corrected chi connectivity index (χ1v) is 6.95. The van der Waals surface area contributed by atoms with Crippen LogP contribution >= 0.6 is 11.6 Å². The molecular formula is C16H14ClN3O. The van der Waals surface area contributed by atoms with E-state index in [0.29, 0.717) is 6.54 Å². The number of anilines is 1. The number of halogens is 1. The maximum absolute atomic E-state index is 11.1. The van der Waals surface area contributed by atoms with Gasteiger partial charge in [-0.2, -0.15) is 0 Å². The lowest BCUT2D eigenvalue weighted by molar-refractivity contribution is 1.06. The molecule has 1 aromatic heterocycles. The summed E-state index contributed by atoms with van der Waals surface area (Å²) in [5.41, 5.74) is 3.65. The normalized spacial score (nSPS) is 10.5. The van der Waals surface area contributed by atoms with Gasteiger partial charge in [-0.1, -0.05) is 41.9 Å². The minimum Gasteiger partial charge on any atom is -0.381 e. The highest BCUT2D eigenvalue weighted by Crippen LogP contribution is 2.20. The van der Waals surface area contributed by atoms with Gasteiger partial charge in [-0.15, -0.1) is 0 Å². The molecule has 5 heteroatoms. The minimum absolute atomic E-state index is 0.133. The first-order valence-electron chi connectivity index (χ1n) is 6.58. The van der Waals surface area contributed by atoms with E-state index in [1.54, 1.807) is 0 Å². The van der Waals surface area contributed by atoms with Gasteiger partial charge < -0.3 is 5.32 Å². The van der Waals surface area contributed by atoms with Crippen LogP contribution in [0.3, 0.4) is 0 Å². The molecule has 2 aromatic carbocycles. The molecule has 0 saturated heterocycles. The van der Waals surface area contributed by atoms with Crippen LogP contribution in [0, 0.1) is 0 Å². The molecule has 0 atom stereocenters. The van der Waals surface area contributed by atoms with Gasteiger partial charge in [-0.25, -0.2) is 0 Å². The SMILES string of the molecule is O=c1cc(-c2ccc(NCc3ccccc3Cl)cc2)[nH][nH]1. The number of hydrogen-bond donors (Lipinski definition) is 3. The summed E-state index contributed by atoms with van der Waals surface area (Å²) in [7, 11) is 0. The minimum atomic E-state index is -0.133. The lowest BCUT2D eigenvalue weighted by Crippen LogP contribution is -1.99. The molecule has 0 unspecified atom stereocenters. The first kappa shape index (κ1) is 13.5. The number of H-pyrrole nitrogens is 2. The average Bonchev–Trinajstić information content (AvgIpc) is 2.94. The van der Waals surface area contributed by atoms with Crippen LogP contribution in [0.25, 0.3) is 11.3 Å². The van der Waals surface area contributed by atoms with Crippen molar-refractivity contribution in [2.24, 2.45) is 0 Å². The number of aromatic amines is 2. The Hall–Kier alpha value is -2.46. The summed E-state index contributed by atoms with van der Waals surface area (Å²) in [5.74, 6) is 0. The van der Waals surface area contributed by atoms with E-state index in [2.05, 4.69) is 15.5 Å². The predicted octanol–water partition coefficient (Wildman–Crippen LogP) is 3.64. The van der Waals surface area contributed by atoms with Crippen molar-refractivity contribution in [2.75, 3.05) is 5.32 Å². The van der Waals surface area contributed by atoms with Gasteiger partial charge in [0.25, 0.3) is 5.56 Å². The Labute approximate surface area is 126 Å². The molecule has 3 rings (SSSR count). The molecule has 0 aliphatic rings. The summed E-state index contributed by atoms with van der Waals surface area (Å²) in [6.07, 6.45) is 0. The van der Waals surface area contributed by atoms with Gasteiger partial charge in [-0.05, 0) is 29.3 Å². The third kappa shape index (κ3) is 3.17. The maximum atomic E-state index is 11.1. The standard InChI is InChI=1S/C16H14ClN3O/c17-14-4-2-1-3-12(14)10-18-13-7-5-11(6-8-13)15-9-16(21)20-19-15/h1-9,18H,10H2,(H2,19,20,21). The highest BCUT2D eigenvalue weighted by Gasteiger charge is 2.02. The van der Waals surface area contributed by atoms with E-state index in [1.165, 1.54) is 6.07 Å². The quantitative estimate of drug-likeness (QED) is 0.689. The van der Waals surface area contributed by atoms with Crippen LogP contribution in [0.5, 0.6) is 0 Å². The Kier molecular flexibility index (Phi) is 3.79. The zero-order valence-corrected chi connectivity index (χ0v) is 11.9. The van der Waals surface area contributed by atoms with Crippen LogP contribution < -0.4 is 10.9 Å². The zero-order valence-electron chi connectivity index (χ0n) is 11.2. The molecule has 4 nitrogen and oxygen atoms in total. The molecule has 0 amide bonds. The highest BCUT2D eigenvalue weighted by molar-refractivity contribution is 6.31. The molecule has 21 heavy (non-hydrogen) atoms. The van der Waals surface area contributed by atoms with E-state index in [1.807, 2.05) is 48.5 Å². The zero-order chi connectivity index (χ0) is 14.7. The smallest absolute Gasteiger partial charge is 0.264 e. The Morgan fingerprint density at radius 3 is 2.43 bits per heavy atom. The largest absolute Gasteiger partial charge is 0.381 e. The molecule has 0 saturated carbocycles. The van der Waals surface area contributed by atoms with E-state index in [4.69, 9.17) is 11.6 Å². The number of rotatable bonds is 4. The van der Waals surface area contributed by atoms with Crippen molar-refractivity contribution < 1.29 is 0 Å². The van der Waals surface area contributed by atoms with Gasteiger partial charge in [0.2, 0.25) is 0 Å². The fourth-order valence-electron chi connectivity index (χ4n) is 2.09. The number of aromatic nitrogens is 2. The van der Waals surface area contributed by atoms with E-state index in [0.717, 1.165) is 27.5 Å². The second kappa shape index (κ2) is 5.89. The van der Waals surface area contributed by atoms with Crippen molar-refractivity contribution in [1.82, 2.24) is 10.2 Å². The number of nitrogens with one attached hydrogen (secondary N) is 3. The molecule has 1 heterocycles. The molecule has 106 valence electrons. The van der Waals surface area contributed by atoms with Gasteiger partial charge >= 0.3 is 0 Å². The summed E-state index contributed by atoms with van der Waals surface area (Å²) < 4.78 is 0. The molecule has 0 radical (unpaired) electrons. The van der Waals surface area contributed by atoms with Crippen LogP contribution in [-0.4, -0.2) is 10.2 Å². The van der Waals surface area contributed by atoms with Gasteiger partial charge in [0.15, 0.2) is 0 Å². The molecule has 3 N–H and O–H groups in total. The number of benzene rings is 2. The monoisotopic (exact) mass is 299 g/mol. The molecule has 3 aromatic rings. The van der Waals surface area contributed by atoms with E-state index in [9.17, 15) is 4.79 Å². The fraction of sp³-hybridized carbons (Fsp3) is 0.0625. The van der Waals surface area contributed by atoms with Crippen LogP contribution in [0.2, 0.25) is 5.02 Å². The third-order valence-corrected chi connectivity index (χ3v) is 3.60. The lowest BCUT2D eigenvalue weighted by Gasteiger charge is -2.08. The van der Waals surface area contributed by atoms with Gasteiger partial charge in [0.1, 0.15) is 0 Å². The van der Waals surface area contributed by atoms with Crippen molar-refractivity contribution in [1.29, 1.82) is 0 Å². The van der Waals surface area contributed by atoms with E-state index in [-0.39, 0.29) is 5.56 Å². The summed E-state index contributed by atoms with van der Waals surface area (Å²) in [4.78, 5) is 11.1. The average molecular weight is 300 g/mol. The molecule has 0 bridgehead atoms. The van der Waals surface area contributed by atoms with Crippen molar-refractivity contribution in [3.05, 3.63) is 75.5 Å². The summed E-state index contributed by atoms with van der Waals surface area (Å²) >= 11 is 6.12. The lowest BCUT2D eigenvalue weighted by atomic mass is 10.1. The predicted molar refractivity (Wildman–Crippen MR) is 85.6 cm³/mol. The van der Waals surface area contributed by atoms with Crippen molar-refractivity contribution >= 4 is 17.3 Å². The third-order valence-electron chi connectivity index (χ3n) is 3.23. The van der Waals surface area contributed by atoms with E-state index >= 15 is 0 Å². The number of hydrogen-bond acceptors (Lipinski definition) is 2. The topological polar surface area (TPSA) is 60.7 Å². The maximum Gasteiger partial charge on any atom is 0.264 e. The van der Waals surface area contributed by atoms with Gasteiger partial charge in [0, 0.05) is 23.3 Å². The van der Waals surface area contributed by atoms with E-state index < -0.39 is 0 Å². The summed E-state index contributed by atoms with van der Waals surface area (Å²) in [6, 6.07) is 17.1. The van der Waals surface area contributed by atoms with Gasteiger partial charge in [-0.3, -0.25) is 15.0 Å². The molecule has 0 fully saturated rings. The Morgan fingerprint density at radius 1 is 1.00 bits per heavy atom.